The number of alkyl halides is 12. The molecule has 364 valence electrons. The van der Waals surface area contributed by atoms with Crippen molar-refractivity contribution >= 4 is 145 Å². The first-order valence-corrected chi connectivity index (χ1v) is 26.5. The molecule has 4 aromatic heterocycles. The lowest BCUT2D eigenvalue weighted by molar-refractivity contribution is -0.138. The predicted molar refractivity (Wildman–Crippen MR) is 255 cm³/mol. The number of rotatable bonds is 8. The maximum atomic E-state index is 15.6. The van der Waals surface area contributed by atoms with Crippen LogP contribution in [0.1, 0.15) is 54.1 Å². The topological polar surface area (TPSA) is 85.7 Å². The molecule has 6 nitrogen and oxygen atoms in total. The van der Waals surface area contributed by atoms with E-state index >= 15 is 9.59 Å². The lowest BCUT2D eigenvalue weighted by Gasteiger charge is -2.25. The molecule has 11 rings (SSSR count). The highest BCUT2D eigenvalue weighted by Gasteiger charge is 2.40. The normalized spacial score (nSPS) is 13.6. The second-order valence-corrected chi connectivity index (χ2v) is 24.6. The molecule has 0 amide bonds. The fourth-order valence-electron chi connectivity index (χ4n) is 7.50. The molecule has 72 heavy (non-hydrogen) atoms. The maximum absolute atomic E-state index is 15.6. The summed E-state index contributed by atoms with van der Waals surface area (Å²) in [6, 6.07) is 18.1. The molecule has 0 saturated heterocycles. The summed E-state index contributed by atoms with van der Waals surface area (Å²) in [7, 11) is 0. The summed E-state index contributed by atoms with van der Waals surface area (Å²) in [4.78, 5) is 49.4. The smallest absolute Gasteiger partial charge is 0.288 e. The Bertz CT molecular complexity index is 3410. The molecule has 0 bridgehead atoms. The number of hydrogen-bond donors (Lipinski definition) is 0. The van der Waals surface area contributed by atoms with E-state index in [0.29, 0.717) is 18.8 Å². The van der Waals surface area contributed by atoms with Gasteiger partial charge in [-0.15, -0.1) is 45.3 Å². The van der Waals surface area contributed by atoms with E-state index in [4.69, 9.17) is 0 Å². The van der Waals surface area contributed by atoms with Crippen molar-refractivity contribution in [2.45, 2.75) is 61.6 Å². The Morgan fingerprint density at radius 3 is 0.722 bits per heavy atom. The average Bonchev–Trinajstić information content (AvgIpc) is 4.10. The third-order valence-corrected chi connectivity index (χ3v) is 19.4. The minimum Gasteiger partial charge on any atom is -0.288 e. The van der Waals surface area contributed by atoms with Gasteiger partial charge in [0.1, 0.15) is 0 Å². The number of hydrogen-bond acceptors (Lipinski definition) is 14. The molecular formula is C46H16F12N4O2S8. The number of carbonyl (C=O) groups excluding carboxylic acids is 2. The maximum Gasteiger partial charge on any atom is 0.416 e. The third-order valence-electron chi connectivity index (χ3n) is 10.7. The number of halogens is 12. The van der Waals surface area contributed by atoms with Gasteiger partial charge in [-0.1, -0.05) is 47.0 Å². The second-order valence-electron chi connectivity index (χ2n) is 15.3. The van der Waals surface area contributed by atoms with Crippen LogP contribution in [0.25, 0.3) is 40.9 Å². The van der Waals surface area contributed by atoms with E-state index in [1.54, 1.807) is 0 Å². The van der Waals surface area contributed by atoms with E-state index in [2.05, 4.69) is 19.9 Å². The van der Waals surface area contributed by atoms with Crippen LogP contribution >= 0.6 is 92.4 Å². The van der Waals surface area contributed by atoms with E-state index in [0.717, 1.165) is 141 Å². The van der Waals surface area contributed by atoms with Gasteiger partial charge in [-0.2, -0.15) is 52.7 Å². The molecule has 0 unspecified atom stereocenters. The standard InChI is InChI=1S/C46H16F12N4O2S8/c47-43(48,49)17-1-5-25-21(13-17)59-39(65-25)69-29-9-10-30(70-40-60-22-14-18(44(50,51)52)2-6-26(22)66-40)34-33(29)37(63)35-31(71-41-61-23-15-19(45(53,54)55)3-7-27(23)67-41)11-12-32(36(35)38(34)64)72-42-62-24-16-20(46(56,57)58)4-8-28(24)68-42/h1-16H. The summed E-state index contributed by atoms with van der Waals surface area (Å²) in [6.45, 7) is 0. The highest BCUT2D eigenvalue weighted by atomic mass is 32.2. The number of benzene rings is 6. The van der Waals surface area contributed by atoms with Crippen LogP contribution in [0.3, 0.4) is 0 Å². The molecule has 0 N–H and O–H groups in total. The lowest BCUT2D eigenvalue weighted by atomic mass is 9.84. The van der Waals surface area contributed by atoms with Crippen LogP contribution < -0.4 is 0 Å². The summed E-state index contributed by atoms with van der Waals surface area (Å²) in [5.74, 6) is -1.48. The Morgan fingerprint density at radius 2 is 0.528 bits per heavy atom. The Kier molecular flexibility index (Phi) is 12.1. The molecule has 26 heteroatoms. The van der Waals surface area contributed by atoms with E-state index in [1.165, 1.54) is 48.5 Å². The highest BCUT2D eigenvalue weighted by Crippen LogP contribution is 2.51. The molecule has 0 spiro atoms. The van der Waals surface area contributed by atoms with Crippen molar-refractivity contribution in [3.63, 3.8) is 0 Å². The van der Waals surface area contributed by atoms with Crippen LogP contribution in [0.4, 0.5) is 52.7 Å². The third kappa shape index (κ3) is 9.25. The Balaban J connectivity index is 1.07. The number of thiazole rings is 4. The molecular weight excluding hydrogens is 1130 g/mol. The van der Waals surface area contributed by atoms with Crippen LogP contribution in [0, 0.1) is 0 Å². The molecule has 0 aliphatic heterocycles. The summed E-state index contributed by atoms with van der Waals surface area (Å²) in [5, 5.41) is 0. The van der Waals surface area contributed by atoms with Crippen LogP contribution in [0.2, 0.25) is 0 Å². The van der Waals surface area contributed by atoms with Crippen molar-refractivity contribution in [3.05, 3.63) is 142 Å². The minimum absolute atomic E-state index is 0.0126. The summed E-state index contributed by atoms with van der Waals surface area (Å²) < 4.78 is 166. The summed E-state index contributed by atoms with van der Waals surface area (Å²) in [5.41, 5.74) is -4.38. The van der Waals surface area contributed by atoms with Gasteiger partial charge in [0.2, 0.25) is 0 Å². The molecule has 4 heterocycles. The van der Waals surface area contributed by atoms with E-state index in [9.17, 15) is 52.7 Å². The van der Waals surface area contributed by atoms with Gasteiger partial charge >= 0.3 is 24.7 Å². The molecule has 0 atom stereocenters. The first kappa shape index (κ1) is 49.0. The monoisotopic (exact) mass is 1140 g/mol. The van der Waals surface area contributed by atoms with Gasteiger partial charge in [0.15, 0.2) is 28.9 Å². The van der Waals surface area contributed by atoms with Gasteiger partial charge in [0.25, 0.3) is 0 Å². The molecule has 1 aliphatic rings. The van der Waals surface area contributed by atoms with Crippen molar-refractivity contribution in [2.24, 2.45) is 0 Å². The molecule has 1 aliphatic carbocycles. The Hall–Kier alpha value is -5.22. The van der Waals surface area contributed by atoms with Gasteiger partial charge in [0, 0.05) is 41.8 Å². The van der Waals surface area contributed by atoms with Crippen LogP contribution in [0.5, 0.6) is 0 Å². The van der Waals surface area contributed by atoms with E-state index in [1.807, 2.05) is 0 Å². The second kappa shape index (κ2) is 17.7. The van der Waals surface area contributed by atoms with E-state index < -0.39 is 58.5 Å². The number of carbonyl (C=O) groups is 2. The van der Waals surface area contributed by atoms with Crippen LogP contribution in [-0.2, 0) is 24.7 Å². The fraction of sp³-hybridized carbons (Fsp3) is 0.0870. The summed E-state index contributed by atoms with van der Waals surface area (Å²) in [6.07, 6.45) is -18.7. The van der Waals surface area contributed by atoms with Crippen molar-refractivity contribution in [2.75, 3.05) is 0 Å². The highest BCUT2D eigenvalue weighted by molar-refractivity contribution is 8.02. The van der Waals surface area contributed by atoms with Crippen LogP contribution in [0.15, 0.2) is 134 Å². The van der Waals surface area contributed by atoms with Gasteiger partial charge in [-0.25, -0.2) is 19.9 Å². The van der Waals surface area contributed by atoms with Crippen LogP contribution in [-0.4, -0.2) is 31.5 Å². The predicted octanol–water partition coefficient (Wildman–Crippen LogP) is 17.6. The number of ketones is 2. The van der Waals surface area contributed by atoms with Crippen molar-refractivity contribution in [3.8, 4) is 0 Å². The largest absolute Gasteiger partial charge is 0.416 e. The number of fused-ring (bicyclic) bond motifs is 6. The van der Waals surface area contributed by atoms with Crippen molar-refractivity contribution in [1.82, 2.24) is 19.9 Å². The Labute approximate surface area is 427 Å². The van der Waals surface area contributed by atoms with Crippen molar-refractivity contribution < 1.29 is 62.3 Å². The van der Waals surface area contributed by atoms with Gasteiger partial charge in [-0.3, -0.25) is 9.59 Å². The zero-order chi connectivity index (χ0) is 50.8. The van der Waals surface area contributed by atoms with Crippen molar-refractivity contribution in [1.29, 1.82) is 0 Å². The molecule has 0 fully saturated rings. The minimum atomic E-state index is -4.67. The zero-order valence-corrected chi connectivity index (χ0v) is 41.2. The van der Waals surface area contributed by atoms with Gasteiger partial charge in [-0.05, 0) is 97.1 Å². The molecule has 0 radical (unpaired) electrons. The Morgan fingerprint density at radius 1 is 0.319 bits per heavy atom. The lowest BCUT2D eigenvalue weighted by Crippen LogP contribution is -2.24. The molecule has 6 aromatic carbocycles. The zero-order valence-electron chi connectivity index (χ0n) is 34.6. The quantitative estimate of drug-likeness (QED) is 0.137. The van der Waals surface area contributed by atoms with Gasteiger partial charge < -0.3 is 0 Å². The fourth-order valence-corrected chi connectivity index (χ4v) is 16.1. The number of nitrogens with zero attached hydrogens (tertiary/aromatic N) is 4. The molecule has 0 saturated carbocycles. The van der Waals surface area contributed by atoms with Gasteiger partial charge in [0.05, 0.1) is 63.1 Å². The summed E-state index contributed by atoms with van der Waals surface area (Å²) >= 11 is 7.66. The SMILES string of the molecule is O=C1c2c(Sc3nc4cc(C(F)(F)F)ccc4s3)ccc(Sc3nc4cc(C(F)(F)F)ccc4s3)c2C(=O)c2c(Sc3nc4cc(C(F)(F)F)ccc4s3)ccc(Sc3nc4cc(C(F)(F)F)ccc4s3)c21. The average molecular weight is 1140 g/mol. The number of aromatic nitrogens is 4. The molecule has 10 aromatic rings. The van der Waals surface area contributed by atoms with E-state index in [-0.39, 0.29) is 81.3 Å². The first-order valence-electron chi connectivity index (χ1n) is 20.0. The first-order chi connectivity index (χ1) is 33.9.